The molecule has 0 saturated carbocycles. The Morgan fingerprint density at radius 1 is 1.00 bits per heavy atom. The lowest BCUT2D eigenvalue weighted by Gasteiger charge is -2.24. The van der Waals surface area contributed by atoms with Gasteiger partial charge >= 0.3 is 5.97 Å². The van der Waals surface area contributed by atoms with Gasteiger partial charge in [-0.3, -0.25) is 9.36 Å². The zero-order valence-corrected chi connectivity index (χ0v) is 25.8. The molecule has 0 bridgehead atoms. The maximum atomic E-state index is 13.9. The van der Waals surface area contributed by atoms with Gasteiger partial charge in [0.2, 0.25) is 0 Å². The summed E-state index contributed by atoms with van der Waals surface area (Å²) >= 11 is 7.25. The Bertz CT molecular complexity index is 1840. The predicted molar refractivity (Wildman–Crippen MR) is 167 cm³/mol. The van der Waals surface area contributed by atoms with Crippen LogP contribution in [0.3, 0.4) is 0 Å². The van der Waals surface area contributed by atoms with Crippen molar-refractivity contribution in [3.8, 4) is 17.2 Å². The number of carbonyl (C=O) groups is 1. The Balaban J connectivity index is 1.54. The van der Waals surface area contributed by atoms with Crippen LogP contribution in [0.1, 0.15) is 43.5 Å². The number of benzene rings is 3. The number of nitrogens with zero attached hydrogens (tertiary/aromatic N) is 2. The van der Waals surface area contributed by atoms with Crippen molar-refractivity contribution in [3.05, 3.63) is 119 Å². The van der Waals surface area contributed by atoms with E-state index in [-0.39, 0.29) is 12.2 Å². The lowest BCUT2D eigenvalue weighted by Crippen LogP contribution is -2.39. The third-order valence-corrected chi connectivity index (χ3v) is 8.06. The average Bonchev–Trinajstić information content (AvgIpc) is 3.31. The highest BCUT2D eigenvalue weighted by atomic mass is 35.5. The molecule has 0 radical (unpaired) electrons. The molecule has 3 aromatic carbocycles. The van der Waals surface area contributed by atoms with Gasteiger partial charge < -0.3 is 18.9 Å². The second-order valence-corrected chi connectivity index (χ2v) is 11.1. The number of aromatic nitrogens is 1. The second-order valence-electron chi connectivity index (χ2n) is 9.63. The summed E-state index contributed by atoms with van der Waals surface area (Å²) in [5.74, 6) is 1.31. The number of hydrogen-bond acceptors (Lipinski definition) is 8. The standard InChI is InChI=1S/C33H31ClN2O6S/c1-5-40-27-17-22(9-16-26(27)42-19-21-7-12-24(34)13-8-21)18-28-31(37)36-30(23-10-14-25(39-4)15-11-23)29(32(38)41-6-2)20(3)35-33(36)43-28/h7-18,30H,5-6,19H2,1-4H3/b28-18+/t30-/m0/s1. The third kappa shape index (κ3) is 6.53. The molecule has 10 heteroatoms. The lowest BCUT2D eigenvalue weighted by molar-refractivity contribution is -0.139. The van der Waals surface area contributed by atoms with Crippen LogP contribution in [0.5, 0.6) is 17.2 Å². The van der Waals surface area contributed by atoms with Gasteiger partial charge in [-0.25, -0.2) is 9.79 Å². The summed E-state index contributed by atoms with van der Waals surface area (Å²) in [7, 11) is 1.58. The molecule has 8 nitrogen and oxygen atoms in total. The first-order valence-corrected chi connectivity index (χ1v) is 15.0. The molecule has 0 amide bonds. The molecule has 0 aliphatic carbocycles. The number of ether oxygens (including phenoxy) is 4. The Labute approximate surface area is 258 Å². The van der Waals surface area contributed by atoms with Crippen LogP contribution in [-0.4, -0.2) is 30.9 Å². The van der Waals surface area contributed by atoms with Crippen LogP contribution in [0, 0.1) is 0 Å². The zero-order chi connectivity index (χ0) is 30.5. The van der Waals surface area contributed by atoms with E-state index in [4.69, 9.17) is 30.5 Å². The summed E-state index contributed by atoms with van der Waals surface area (Å²) < 4.78 is 24.6. The minimum atomic E-state index is -0.703. The number of thiazole rings is 1. The van der Waals surface area contributed by atoms with Crippen molar-refractivity contribution in [1.29, 1.82) is 0 Å². The summed E-state index contributed by atoms with van der Waals surface area (Å²) in [6.07, 6.45) is 1.80. The minimum Gasteiger partial charge on any atom is -0.497 e. The molecule has 1 aromatic heterocycles. The van der Waals surface area contributed by atoms with Gasteiger partial charge in [0.05, 0.1) is 42.2 Å². The molecule has 0 unspecified atom stereocenters. The topological polar surface area (TPSA) is 88.4 Å². The largest absolute Gasteiger partial charge is 0.497 e. The molecule has 0 spiro atoms. The van der Waals surface area contributed by atoms with E-state index in [0.29, 0.717) is 56.1 Å². The average molecular weight is 619 g/mol. The normalized spacial score (nSPS) is 14.6. The molecule has 2 heterocycles. The summed E-state index contributed by atoms with van der Waals surface area (Å²) in [5, 5.41) is 0.663. The number of halogens is 1. The Morgan fingerprint density at radius 3 is 2.42 bits per heavy atom. The van der Waals surface area contributed by atoms with E-state index < -0.39 is 12.0 Å². The SMILES string of the molecule is CCOC(=O)C1=C(C)N=c2s/c(=C/c3ccc(OCc4ccc(Cl)cc4)c(OCC)c3)c(=O)n2[C@H]1c1ccc(OC)cc1. The smallest absolute Gasteiger partial charge is 0.338 e. The van der Waals surface area contributed by atoms with Crippen LogP contribution >= 0.6 is 22.9 Å². The van der Waals surface area contributed by atoms with Crippen LogP contribution < -0.4 is 29.1 Å². The molecule has 1 aliphatic heterocycles. The quantitative estimate of drug-likeness (QED) is 0.220. The number of esters is 1. The van der Waals surface area contributed by atoms with Crippen molar-refractivity contribution in [2.75, 3.05) is 20.3 Å². The van der Waals surface area contributed by atoms with Crippen LogP contribution in [0.2, 0.25) is 5.02 Å². The highest BCUT2D eigenvalue weighted by Crippen LogP contribution is 2.32. The first-order valence-electron chi connectivity index (χ1n) is 13.8. The monoisotopic (exact) mass is 618 g/mol. The summed E-state index contributed by atoms with van der Waals surface area (Å²) in [6.45, 7) is 6.41. The van der Waals surface area contributed by atoms with Gasteiger partial charge in [0.25, 0.3) is 5.56 Å². The van der Waals surface area contributed by atoms with Gasteiger partial charge in [0.1, 0.15) is 12.4 Å². The molecule has 1 aliphatic rings. The maximum absolute atomic E-state index is 13.9. The minimum absolute atomic E-state index is 0.205. The molecule has 222 valence electrons. The number of fused-ring (bicyclic) bond motifs is 1. The van der Waals surface area contributed by atoms with Gasteiger partial charge in [0.15, 0.2) is 16.3 Å². The van der Waals surface area contributed by atoms with E-state index in [1.807, 2.05) is 61.5 Å². The predicted octanol–water partition coefficient (Wildman–Crippen LogP) is 5.44. The molecule has 4 aromatic rings. The van der Waals surface area contributed by atoms with Gasteiger partial charge in [0, 0.05) is 5.02 Å². The van der Waals surface area contributed by atoms with E-state index >= 15 is 0 Å². The highest BCUT2D eigenvalue weighted by Gasteiger charge is 2.33. The fraction of sp³-hybridized carbons (Fsp3) is 0.242. The highest BCUT2D eigenvalue weighted by molar-refractivity contribution is 7.07. The maximum Gasteiger partial charge on any atom is 0.338 e. The van der Waals surface area contributed by atoms with Crippen molar-refractivity contribution in [3.63, 3.8) is 0 Å². The molecular formula is C33H31ClN2O6S. The number of allylic oxidation sites excluding steroid dienone is 1. The molecule has 0 N–H and O–H groups in total. The van der Waals surface area contributed by atoms with Gasteiger partial charge in [-0.2, -0.15) is 0 Å². The third-order valence-electron chi connectivity index (χ3n) is 6.82. The summed E-state index contributed by atoms with van der Waals surface area (Å²) in [6, 6.07) is 19.6. The summed E-state index contributed by atoms with van der Waals surface area (Å²) in [4.78, 5) is 32.2. The molecule has 5 rings (SSSR count). The lowest BCUT2D eigenvalue weighted by atomic mass is 9.96. The second kappa shape index (κ2) is 13.3. The molecular weight excluding hydrogens is 588 g/mol. The first-order chi connectivity index (χ1) is 20.8. The van der Waals surface area contributed by atoms with E-state index in [1.165, 1.54) is 11.3 Å². The molecule has 0 fully saturated rings. The molecule has 1 atom stereocenters. The van der Waals surface area contributed by atoms with E-state index in [9.17, 15) is 9.59 Å². The Hall–Kier alpha value is -4.34. The van der Waals surface area contributed by atoms with Crippen LogP contribution in [0.15, 0.2) is 87.8 Å². The number of hydrogen-bond donors (Lipinski definition) is 0. The number of carbonyl (C=O) groups excluding carboxylic acids is 1. The van der Waals surface area contributed by atoms with Crippen molar-refractivity contribution < 1.29 is 23.7 Å². The van der Waals surface area contributed by atoms with Gasteiger partial charge in [-0.05, 0) is 79.9 Å². The Kier molecular flexibility index (Phi) is 9.33. The molecule has 0 saturated heterocycles. The fourth-order valence-corrected chi connectivity index (χ4v) is 5.96. The van der Waals surface area contributed by atoms with Crippen molar-refractivity contribution in [1.82, 2.24) is 4.57 Å². The van der Waals surface area contributed by atoms with E-state index in [2.05, 4.69) is 4.99 Å². The van der Waals surface area contributed by atoms with Crippen LogP contribution in [0.25, 0.3) is 6.08 Å². The van der Waals surface area contributed by atoms with Crippen molar-refractivity contribution in [2.45, 2.75) is 33.4 Å². The zero-order valence-electron chi connectivity index (χ0n) is 24.3. The first kappa shape index (κ1) is 30.1. The Morgan fingerprint density at radius 2 is 1.74 bits per heavy atom. The number of rotatable bonds is 10. The van der Waals surface area contributed by atoms with Crippen molar-refractivity contribution in [2.24, 2.45) is 4.99 Å². The van der Waals surface area contributed by atoms with E-state index in [1.54, 1.807) is 43.7 Å². The van der Waals surface area contributed by atoms with Gasteiger partial charge in [-0.15, -0.1) is 0 Å². The van der Waals surface area contributed by atoms with Crippen LogP contribution in [-0.2, 0) is 16.1 Å². The number of methoxy groups -OCH3 is 1. The van der Waals surface area contributed by atoms with Crippen LogP contribution in [0.4, 0.5) is 0 Å². The fourth-order valence-electron chi connectivity index (χ4n) is 4.79. The van der Waals surface area contributed by atoms with E-state index in [0.717, 1.165) is 16.7 Å². The van der Waals surface area contributed by atoms with Gasteiger partial charge in [-0.1, -0.05) is 53.3 Å². The molecule has 43 heavy (non-hydrogen) atoms. The summed E-state index contributed by atoms with van der Waals surface area (Å²) in [5.41, 5.74) is 3.04. The van der Waals surface area contributed by atoms with Crippen molar-refractivity contribution >= 4 is 35.0 Å².